The summed E-state index contributed by atoms with van der Waals surface area (Å²) in [6.07, 6.45) is 3.92. The molecule has 1 saturated heterocycles. The van der Waals surface area contributed by atoms with Crippen molar-refractivity contribution in [1.82, 2.24) is 15.2 Å². The van der Waals surface area contributed by atoms with E-state index >= 15 is 0 Å². The molecule has 40 heavy (non-hydrogen) atoms. The number of benzene rings is 3. The highest BCUT2D eigenvalue weighted by Gasteiger charge is 2.28. The van der Waals surface area contributed by atoms with Crippen LogP contribution < -0.4 is 14.8 Å². The molecule has 2 heterocycles. The SMILES string of the molecule is CNC(=O)N1N=C(c2ccc(-c3cccc(C(=O)N4CCCCC4)c3)cc2)c2cc(OC)c(OC)cc2CC1C. The van der Waals surface area contributed by atoms with Gasteiger partial charge in [-0.05, 0) is 73.6 Å². The lowest BCUT2D eigenvalue weighted by atomic mass is 9.93. The van der Waals surface area contributed by atoms with E-state index in [4.69, 9.17) is 14.6 Å². The number of urea groups is 1. The van der Waals surface area contributed by atoms with Crippen molar-refractivity contribution in [1.29, 1.82) is 0 Å². The number of nitrogens with zero attached hydrogens (tertiary/aromatic N) is 3. The third-order valence-electron chi connectivity index (χ3n) is 7.67. The van der Waals surface area contributed by atoms with Gasteiger partial charge in [-0.1, -0.05) is 36.4 Å². The number of carbonyl (C=O) groups is 2. The van der Waals surface area contributed by atoms with Crippen molar-refractivity contribution < 1.29 is 19.1 Å². The summed E-state index contributed by atoms with van der Waals surface area (Å²) in [4.78, 5) is 27.8. The van der Waals surface area contributed by atoms with Gasteiger partial charge in [0.05, 0.1) is 26.0 Å². The monoisotopic (exact) mass is 540 g/mol. The number of hydrogen-bond donors (Lipinski definition) is 1. The quantitative estimate of drug-likeness (QED) is 0.474. The fraction of sp³-hybridized carbons (Fsp3) is 0.344. The van der Waals surface area contributed by atoms with Gasteiger partial charge in [-0.3, -0.25) is 4.79 Å². The molecule has 3 aromatic carbocycles. The predicted octanol–water partition coefficient (Wildman–Crippen LogP) is 5.34. The van der Waals surface area contributed by atoms with Crippen LogP contribution in [0.2, 0.25) is 0 Å². The van der Waals surface area contributed by atoms with Crippen molar-refractivity contribution in [2.75, 3.05) is 34.4 Å². The third kappa shape index (κ3) is 5.39. The lowest BCUT2D eigenvalue weighted by Crippen LogP contribution is -2.41. The summed E-state index contributed by atoms with van der Waals surface area (Å²) in [5, 5.41) is 9.06. The minimum absolute atomic E-state index is 0.0929. The lowest BCUT2D eigenvalue weighted by molar-refractivity contribution is 0.0724. The summed E-state index contributed by atoms with van der Waals surface area (Å²) >= 11 is 0. The highest BCUT2D eigenvalue weighted by Crippen LogP contribution is 2.35. The van der Waals surface area contributed by atoms with E-state index in [0.29, 0.717) is 29.2 Å². The number of piperidine rings is 1. The summed E-state index contributed by atoms with van der Waals surface area (Å²) in [5.74, 6) is 1.33. The van der Waals surface area contributed by atoms with Gasteiger partial charge in [0.2, 0.25) is 0 Å². The molecule has 0 aromatic heterocycles. The van der Waals surface area contributed by atoms with Crippen molar-refractivity contribution in [3.05, 3.63) is 82.9 Å². The van der Waals surface area contributed by atoms with Crippen LogP contribution in [0.1, 0.15) is 53.2 Å². The molecule has 1 unspecified atom stereocenters. The Morgan fingerprint density at radius 1 is 0.875 bits per heavy atom. The molecule has 1 atom stereocenters. The highest BCUT2D eigenvalue weighted by atomic mass is 16.5. The number of nitrogens with one attached hydrogen (secondary N) is 1. The van der Waals surface area contributed by atoms with Crippen LogP contribution in [-0.2, 0) is 6.42 Å². The average Bonchev–Trinajstić information content (AvgIpc) is 3.15. The molecule has 0 spiro atoms. The molecule has 2 aliphatic rings. The van der Waals surface area contributed by atoms with Crippen molar-refractivity contribution in [2.45, 2.75) is 38.6 Å². The normalized spacial score (nSPS) is 16.9. The second-order valence-corrected chi connectivity index (χ2v) is 10.3. The van der Waals surface area contributed by atoms with Crippen LogP contribution >= 0.6 is 0 Å². The number of hydrazone groups is 1. The highest BCUT2D eigenvalue weighted by molar-refractivity contribution is 6.14. The summed E-state index contributed by atoms with van der Waals surface area (Å²) < 4.78 is 11.2. The predicted molar refractivity (Wildman–Crippen MR) is 156 cm³/mol. The van der Waals surface area contributed by atoms with Gasteiger partial charge in [-0.25, -0.2) is 9.80 Å². The van der Waals surface area contributed by atoms with Crippen LogP contribution in [-0.4, -0.2) is 68.0 Å². The first-order valence-corrected chi connectivity index (χ1v) is 13.8. The average molecular weight is 541 g/mol. The summed E-state index contributed by atoms with van der Waals surface area (Å²) in [6, 6.07) is 19.3. The second-order valence-electron chi connectivity index (χ2n) is 10.3. The number of methoxy groups -OCH3 is 2. The molecule has 5 rings (SSSR count). The van der Waals surface area contributed by atoms with Gasteiger partial charge in [0, 0.05) is 36.8 Å². The van der Waals surface area contributed by atoms with Crippen molar-refractivity contribution in [3.8, 4) is 22.6 Å². The van der Waals surface area contributed by atoms with Crippen molar-refractivity contribution in [3.63, 3.8) is 0 Å². The van der Waals surface area contributed by atoms with Crippen LogP contribution in [0.5, 0.6) is 11.5 Å². The number of likely N-dealkylation sites (tertiary alicyclic amines) is 1. The number of carbonyl (C=O) groups excluding carboxylic acids is 2. The zero-order chi connectivity index (χ0) is 28.2. The Hall–Kier alpha value is -4.33. The molecule has 0 bridgehead atoms. The molecule has 1 fully saturated rings. The van der Waals surface area contributed by atoms with Gasteiger partial charge in [-0.2, -0.15) is 5.10 Å². The summed E-state index contributed by atoms with van der Waals surface area (Å²) in [7, 11) is 4.83. The van der Waals surface area contributed by atoms with Gasteiger partial charge in [-0.15, -0.1) is 0 Å². The van der Waals surface area contributed by atoms with Crippen molar-refractivity contribution >= 4 is 17.6 Å². The Labute approximate surface area is 235 Å². The van der Waals surface area contributed by atoms with Crippen LogP contribution in [0.25, 0.3) is 11.1 Å². The molecular weight excluding hydrogens is 504 g/mol. The molecule has 8 heteroatoms. The maximum atomic E-state index is 13.1. The smallest absolute Gasteiger partial charge is 0.337 e. The van der Waals surface area contributed by atoms with Gasteiger partial charge in [0.1, 0.15) is 0 Å². The van der Waals surface area contributed by atoms with E-state index in [-0.39, 0.29) is 18.0 Å². The van der Waals surface area contributed by atoms with E-state index in [9.17, 15) is 9.59 Å². The first-order valence-electron chi connectivity index (χ1n) is 13.8. The Bertz CT molecular complexity index is 1430. The molecule has 0 aliphatic carbocycles. The fourth-order valence-corrected chi connectivity index (χ4v) is 5.48. The number of hydrogen-bond acceptors (Lipinski definition) is 5. The molecule has 3 amide bonds. The largest absolute Gasteiger partial charge is 0.493 e. The molecular formula is C32H36N4O4. The number of amides is 3. The second kappa shape index (κ2) is 11.8. The fourth-order valence-electron chi connectivity index (χ4n) is 5.48. The minimum Gasteiger partial charge on any atom is -0.493 e. The summed E-state index contributed by atoms with van der Waals surface area (Å²) in [6.45, 7) is 3.62. The lowest BCUT2D eigenvalue weighted by Gasteiger charge is -2.26. The maximum absolute atomic E-state index is 13.1. The first kappa shape index (κ1) is 27.2. The molecule has 1 N–H and O–H groups in total. The van der Waals surface area contributed by atoms with E-state index in [1.165, 1.54) is 11.4 Å². The number of ether oxygens (including phenoxy) is 2. The van der Waals surface area contributed by atoms with Crippen LogP contribution in [0.4, 0.5) is 4.79 Å². The maximum Gasteiger partial charge on any atom is 0.337 e. The Morgan fingerprint density at radius 3 is 2.23 bits per heavy atom. The first-order chi connectivity index (χ1) is 19.4. The van der Waals surface area contributed by atoms with Crippen LogP contribution in [0.15, 0.2) is 65.8 Å². The van der Waals surface area contributed by atoms with Gasteiger partial charge in [0.15, 0.2) is 11.5 Å². The number of fused-ring (bicyclic) bond motifs is 1. The number of rotatable bonds is 5. The zero-order valence-electron chi connectivity index (χ0n) is 23.6. The molecule has 8 nitrogen and oxygen atoms in total. The molecule has 0 saturated carbocycles. The van der Waals surface area contributed by atoms with Crippen molar-refractivity contribution in [2.24, 2.45) is 5.10 Å². The van der Waals surface area contributed by atoms with Gasteiger partial charge < -0.3 is 19.7 Å². The topological polar surface area (TPSA) is 83.5 Å². The van der Waals surface area contributed by atoms with E-state index < -0.39 is 0 Å². The molecule has 2 aliphatic heterocycles. The van der Waals surface area contributed by atoms with E-state index in [1.807, 2.05) is 72.5 Å². The van der Waals surface area contributed by atoms with E-state index in [0.717, 1.165) is 53.7 Å². The Kier molecular flexibility index (Phi) is 8.05. The van der Waals surface area contributed by atoms with Crippen LogP contribution in [0.3, 0.4) is 0 Å². The molecule has 0 radical (unpaired) electrons. The third-order valence-corrected chi connectivity index (χ3v) is 7.67. The van der Waals surface area contributed by atoms with Crippen LogP contribution in [0, 0.1) is 0 Å². The zero-order valence-corrected chi connectivity index (χ0v) is 23.6. The van der Waals surface area contributed by atoms with E-state index in [2.05, 4.69) is 5.32 Å². The van der Waals surface area contributed by atoms with E-state index in [1.54, 1.807) is 21.3 Å². The molecule has 3 aromatic rings. The Balaban J connectivity index is 1.52. The minimum atomic E-state index is -0.274. The Morgan fingerprint density at radius 2 is 1.55 bits per heavy atom. The molecule has 208 valence electrons. The van der Waals surface area contributed by atoms with Gasteiger partial charge in [0.25, 0.3) is 5.91 Å². The summed E-state index contributed by atoms with van der Waals surface area (Å²) in [5.41, 5.74) is 6.12. The van der Waals surface area contributed by atoms with Gasteiger partial charge >= 0.3 is 6.03 Å². The standard InChI is InChI=1S/C32H36N4O4/c1-21-17-26-19-28(39-3)29(40-4)20-27(26)30(34-36(21)32(38)33-2)23-13-11-22(12-14-23)24-9-8-10-25(18-24)31(37)35-15-6-5-7-16-35/h8-14,18-21H,5-7,15-17H2,1-4H3,(H,33,38).